The molecule has 0 aliphatic carbocycles. The SMILES string of the molecule is CC(Nc1c(Cl)cccc1Cl)c1cccc2ccccc12. The average molecular weight is 316 g/mol. The van der Waals surface area contributed by atoms with Crippen LogP contribution in [0.1, 0.15) is 18.5 Å². The van der Waals surface area contributed by atoms with E-state index in [9.17, 15) is 0 Å². The highest BCUT2D eigenvalue weighted by atomic mass is 35.5. The number of hydrogen-bond donors (Lipinski definition) is 1. The van der Waals surface area contributed by atoms with Gasteiger partial charge in [0.25, 0.3) is 0 Å². The van der Waals surface area contributed by atoms with Gasteiger partial charge in [0, 0.05) is 6.04 Å². The number of rotatable bonds is 3. The molecule has 0 bridgehead atoms. The van der Waals surface area contributed by atoms with Crippen LogP contribution in [-0.2, 0) is 0 Å². The molecule has 0 fully saturated rings. The van der Waals surface area contributed by atoms with Gasteiger partial charge in [-0.25, -0.2) is 0 Å². The normalized spacial score (nSPS) is 12.3. The Morgan fingerprint density at radius 1 is 0.810 bits per heavy atom. The lowest BCUT2D eigenvalue weighted by Crippen LogP contribution is -2.08. The molecule has 0 heterocycles. The second-order valence-electron chi connectivity index (χ2n) is 5.03. The number of fused-ring (bicyclic) bond motifs is 1. The first-order valence-electron chi connectivity index (χ1n) is 6.85. The van der Waals surface area contributed by atoms with E-state index in [4.69, 9.17) is 23.2 Å². The summed E-state index contributed by atoms with van der Waals surface area (Å²) in [6, 6.07) is 20.3. The van der Waals surface area contributed by atoms with Crippen LogP contribution in [0, 0.1) is 0 Å². The zero-order valence-corrected chi connectivity index (χ0v) is 13.1. The minimum Gasteiger partial charge on any atom is -0.376 e. The lowest BCUT2D eigenvalue weighted by molar-refractivity contribution is 0.895. The van der Waals surface area contributed by atoms with Crippen molar-refractivity contribution in [3.05, 3.63) is 76.3 Å². The number of nitrogens with one attached hydrogen (secondary N) is 1. The van der Waals surface area contributed by atoms with Crippen LogP contribution in [0.3, 0.4) is 0 Å². The quantitative estimate of drug-likeness (QED) is 0.596. The summed E-state index contributed by atoms with van der Waals surface area (Å²) in [5.74, 6) is 0. The molecule has 0 radical (unpaired) electrons. The van der Waals surface area contributed by atoms with E-state index in [1.807, 2.05) is 18.2 Å². The first-order valence-corrected chi connectivity index (χ1v) is 7.60. The molecule has 1 N–H and O–H groups in total. The van der Waals surface area contributed by atoms with E-state index in [0.717, 1.165) is 5.69 Å². The van der Waals surface area contributed by atoms with Crippen LogP contribution >= 0.6 is 23.2 Å². The van der Waals surface area contributed by atoms with Crippen molar-refractivity contribution in [2.24, 2.45) is 0 Å². The molecule has 0 aromatic heterocycles. The Kier molecular flexibility index (Phi) is 4.05. The highest BCUT2D eigenvalue weighted by Gasteiger charge is 2.12. The lowest BCUT2D eigenvalue weighted by atomic mass is 9.99. The van der Waals surface area contributed by atoms with Crippen LogP contribution in [0.25, 0.3) is 10.8 Å². The number of halogens is 2. The zero-order valence-electron chi connectivity index (χ0n) is 11.6. The Morgan fingerprint density at radius 3 is 2.19 bits per heavy atom. The molecule has 3 heteroatoms. The van der Waals surface area contributed by atoms with Gasteiger partial charge in [0.1, 0.15) is 0 Å². The van der Waals surface area contributed by atoms with Gasteiger partial charge in [0.2, 0.25) is 0 Å². The van der Waals surface area contributed by atoms with Gasteiger partial charge >= 0.3 is 0 Å². The summed E-state index contributed by atoms with van der Waals surface area (Å²) in [7, 11) is 0. The molecule has 21 heavy (non-hydrogen) atoms. The highest BCUT2D eigenvalue weighted by molar-refractivity contribution is 6.39. The summed E-state index contributed by atoms with van der Waals surface area (Å²) in [5, 5.41) is 7.16. The first kappa shape index (κ1) is 14.2. The Balaban J connectivity index is 2.00. The van der Waals surface area contributed by atoms with Crippen LogP contribution in [-0.4, -0.2) is 0 Å². The van der Waals surface area contributed by atoms with Crippen molar-refractivity contribution in [3.63, 3.8) is 0 Å². The van der Waals surface area contributed by atoms with Crippen molar-refractivity contribution >= 4 is 39.7 Å². The van der Waals surface area contributed by atoms with Gasteiger partial charge in [0.05, 0.1) is 15.7 Å². The van der Waals surface area contributed by atoms with Gasteiger partial charge in [0.15, 0.2) is 0 Å². The number of para-hydroxylation sites is 1. The zero-order chi connectivity index (χ0) is 14.8. The van der Waals surface area contributed by atoms with Crippen LogP contribution in [0.15, 0.2) is 60.7 Å². The third kappa shape index (κ3) is 2.85. The van der Waals surface area contributed by atoms with Crippen molar-refractivity contribution in [3.8, 4) is 0 Å². The maximum atomic E-state index is 6.23. The molecule has 0 aliphatic rings. The fraction of sp³-hybridized carbons (Fsp3) is 0.111. The van der Waals surface area contributed by atoms with Crippen molar-refractivity contribution in [2.75, 3.05) is 5.32 Å². The van der Waals surface area contributed by atoms with Gasteiger partial charge in [-0.05, 0) is 35.4 Å². The molecule has 1 atom stereocenters. The second-order valence-corrected chi connectivity index (χ2v) is 5.85. The monoisotopic (exact) mass is 315 g/mol. The fourth-order valence-electron chi connectivity index (χ4n) is 2.56. The van der Waals surface area contributed by atoms with Gasteiger partial charge < -0.3 is 5.32 Å². The topological polar surface area (TPSA) is 12.0 Å². The molecular weight excluding hydrogens is 301 g/mol. The predicted octanol–water partition coefficient (Wildman–Crippen LogP) is 6.32. The van der Waals surface area contributed by atoms with E-state index < -0.39 is 0 Å². The van der Waals surface area contributed by atoms with E-state index in [-0.39, 0.29) is 6.04 Å². The number of hydrogen-bond acceptors (Lipinski definition) is 1. The van der Waals surface area contributed by atoms with E-state index in [2.05, 4.69) is 54.7 Å². The van der Waals surface area contributed by atoms with Crippen LogP contribution in [0.4, 0.5) is 5.69 Å². The van der Waals surface area contributed by atoms with E-state index in [1.54, 1.807) is 0 Å². The molecule has 3 aromatic carbocycles. The van der Waals surface area contributed by atoms with Gasteiger partial charge in [-0.3, -0.25) is 0 Å². The molecule has 0 saturated carbocycles. The molecule has 0 spiro atoms. The summed E-state index contributed by atoms with van der Waals surface area (Å²) < 4.78 is 0. The Labute approximate surface area is 134 Å². The maximum Gasteiger partial charge on any atom is 0.0723 e. The summed E-state index contributed by atoms with van der Waals surface area (Å²) in [5.41, 5.74) is 2.00. The molecule has 106 valence electrons. The van der Waals surface area contributed by atoms with Crippen LogP contribution in [0.5, 0.6) is 0 Å². The van der Waals surface area contributed by atoms with Gasteiger partial charge in [-0.2, -0.15) is 0 Å². The Morgan fingerprint density at radius 2 is 1.43 bits per heavy atom. The smallest absolute Gasteiger partial charge is 0.0723 e. The first-order chi connectivity index (χ1) is 10.2. The molecule has 3 aromatic rings. The molecule has 1 nitrogen and oxygen atoms in total. The molecule has 0 aliphatic heterocycles. The molecule has 0 amide bonds. The average Bonchev–Trinajstić information content (AvgIpc) is 2.50. The Bertz CT molecular complexity index is 758. The highest BCUT2D eigenvalue weighted by Crippen LogP contribution is 2.34. The van der Waals surface area contributed by atoms with E-state index >= 15 is 0 Å². The molecular formula is C18H15Cl2N. The molecule has 0 saturated heterocycles. The summed E-state index contributed by atoms with van der Waals surface area (Å²) in [6.45, 7) is 2.11. The van der Waals surface area contributed by atoms with Crippen molar-refractivity contribution in [2.45, 2.75) is 13.0 Å². The van der Waals surface area contributed by atoms with Crippen molar-refractivity contribution < 1.29 is 0 Å². The standard InChI is InChI=1S/C18H15Cl2N/c1-12(21-18-16(19)10-5-11-17(18)20)14-9-4-7-13-6-2-3-8-15(13)14/h2-12,21H,1H3. The van der Waals surface area contributed by atoms with Crippen molar-refractivity contribution in [1.29, 1.82) is 0 Å². The van der Waals surface area contributed by atoms with Crippen LogP contribution < -0.4 is 5.32 Å². The molecule has 1 unspecified atom stereocenters. The van der Waals surface area contributed by atoms with E-state index in [0.29, 0.717) is 10.0 Å². The van der Waals surface area contributed by atoms with Gasteiger partial charge in [-0.15, -0.1) is 0 Å². The van der Waals surface area contributed by atoms with Crippen molar-refractivity contribution in [1.82, 2.24) is 0 Å². The molecule has 3 rings (SSSR count). The summed E-state index contributed by atoms with van der Waals surface area (Å²) in [6.07, 6.45) is 0. The number of anilines is 1. The third-order valence-electron chi connectivity index (χ3n) is 3.61. The number of benzene rings is 3. The maximum absolute atomic E-state index is 6.23. The Hall–Kier alpha value is -1.70. The predicted molar refractivity (Wildman–Crippen MR) is 92.4 cm³/mol. The van der Waals surface area contributed by atoms with E-state index in [1.165, 1.54) is 16.3 Å². The second kappa shape index (κ2) is 5.97. The largest absolute Gasteiger partial charge is 0.376 e. The minimum atomic E-state index is 0.105. The summed E-state index contributed by atoms with van der Waals surface area (Å²) in [4.78, 5) is 0. The summed E-state index contributed by atoms with van der Waals surface area (Å²) >= 11 is 12.5. The van der Waals surface area contributed by atoms with Gasteiger partial charge in [-0.1, -0.05) is 71.7 Å². The fourth-order valence-corrected chi connectivity index (χ4v) is 3.06. The minimum absolute atomic E-state index is 0.105. The van der Waals surface area contributed by atoms with Crippen LogP contribution in [0.2, 0.25) is 10.0 Å². The third-order valence-corrected chi connectivity index (χ3v) is 4.24. The lowest BCUT2D eigenvalue weighted by Gasteiger charge is -2.19.